The zero-order chi connectivity index (χ0) is 13.7. The second-order valence-electron chi connectivity index (χ2n) is 5.50. The third kappa shape index (κ3) is 8.71. The van der Waals surface area contributed by atoms with Crippen LogP contribution in [0.4, 0.5) is 0 Å². The topological polar surface area (TPSA) is 55.8 Å². The average molecular weight is 267 g/mol. The number of quaternary nitrogens is 1. The van der Waals surface area contributed by atoms with Crippen LogP contribution in [0, 0.1) is 0 Å². The second kappa shape index (κ2) is 6.83. The first-order valence-corrected chi connectivity index (χ1v) is 7.16. The number of likely N-dealkylation sites (N-methyl/N-ethyl adjacent to an activating group) is 3. The predicted octanol–water partition coefficient (Wildman–Crippen LogP) is -0.329. The Balaban J connectivity index is 4.05. The standard InChI is InChI=1S/C10H26N3O3P/c1-11(2)7-8-12(3)17(14,15)16-10-9-13(4,5)6/h7-10H2,1-6H3. The molecule has 1 atom stereocenters. The molecule has 17 heavy (non-hydrogen) atoms. The Labute approximate surface area is 105 Å². The lowest BCUT2D eigenvalue weighted by molar-refractivity contribution is -0.870. The van der Waals surface area contributed by atoms with Gasteiger partial charge in [0.25, 0.3) is 0 Å². The second-order valence-corrected chi connectivity index (χ2v) is 7.38. The molecule has 0 aromatic rings. The highest BCUT2D eigenvalue weighted by molar-refractivity contribution is 7.48. The van der Waals surface area contributed by atoms with E-state index >= 15 is 0 Å². The lowest BCUT2D eigenvalue weighted by atomic mass is 10.5. The summed E-state index contributed by atoms with van der Waals surface area (Å²) in [5, 5.41) is 0. The van der Waals surface area contributed by atoms with E-state index in [1.54, 1.807) is 7.05 Å². The molecule has 0 fully saturated rings. The van der Waals surface area contributed by atoms with Gasteiger partial charge in [0.2, 0.25) is 7.75 Å². The van der Waals surface area contributed by atoms with Gasteiger partial charge in [-0.15, -0.1) is 0 Å². The van der Waals surface area contributed by atoms with Crippen LogP contribution in [0.25, 0.3) is 0 Å². The van der Waals surface area contributed by atoms with Gasteiger partial charge in [0.15, 0.2) is 0 Å². The lowest BCUT2D eigenvalue weighted by Crippen LogP contribution is -2.38. The van der Waals surface area contributed by atoms with Crippen molar-refractivity contribution in [3.05, 3.63) is 0 Å². The molecule has 0 spiro atoms. The van der Waals surface area contributed by atoms with E-state index in [2.05, 4.69) is 0 Å². The van der Waals surface area contributed by atoms with Crippen LogP contribution < -0.4 is 4.89 Å². The Morgan fingerprint density at radius 2 is 1.71 bits per heavy atom. The third-order valence-corrected chi connectivity index (χ3v) is 3.85. The van der Waals surface area contributed by atoms with Crippen molar-refractivity contribution in [2.75, 3.05) is 68.5 Å². The summed E-state index contributed by atoms with van der Waals surface area (Å²) < 4.78 is 18.7. The molecule has 0 saturated carbocycles. The van der Waals surface area contributed by atoms with Gasteiger partial charge in [0.1, 0.15) is 13.2 Å². The molecule has 0 amide bonds. The quantitative estimate of drug-likeness (QED) is 0.445. The van der Waals surface area contributed by atoms with E-state index < -0.39 is 7.75 Å². The van der Waals surface area contributed by atoms with Crippen LogP contribution in [0.2, 0.25) is 0 Å². The van der Waals surface area contributed by atoms with Gasteiger partial charge in [0, 0.05) is 13.1 Å². The van der Waals surface area contributed by atoms with Gasteiger partial charge in [0.05, 0.1) is 21.1 Å². The first-order chi connectivity index (χ1) is 7.54. The van der Waals surface area contributed by atoms with E-state index in [4.69, 9.17) is 4.52 Å². The van der Waals surface area contributed by atoms with Crippen LogP contribution >= 0.6 is 7.75 Å². The molecule has 0 N–H and O–H groups in total. The van der Waals surface area contributed by atoms with Crippen LogP contribution in [0.3, 0.4) is 0 Å². The highest BCUT2D eigenvalue weighted by Gasteiger charge is 2.17. The molecule has 0 rings (SSSR count). The average Bonchev–Trinajstić information content (AvgIpc) is 2.11. The van der Waals surface area contributed by atoms with Crippen molar-refractivity contribution in [1.82, 2.24) is 9.57 Å². The van der Waals surface area contributed by atoms with E-state index in [9.17, 15) is 9.46 Å². The van der Waals surface area contributed by atoms with Crippen molar-refractivity contribution in [1.29, 1.82) is 0 Å². The minimum atomic E-state index is -3.88. The van der Waals surface area contributed by atoms with E-state index in [1.165, 1.54) is 4.67 Å². The molecule has 0 aliphatic rings. The Hall–Kier alpha value is 0.0300. The van der Waals surface area contributed by atoms with Gasteiger partial charge in [-0.2, -0.15) is 0 Å². The zero-order valence-corrected chi connectivity index (χ0v) is 12.7. The van der Waals surface area contributed by atoms with Gasteiger partial charge < -0.3 is 18.8 Å². The summed E-state index contributed by atoms with van der Waals surface area (Å²) in [4.78, 5) is 13.7. The van der Waals surface area contributed by atoms with Gasteiger partial charge in [-0.05, 0) is 21.1 Å². The third-order valence-electron chi connectivity index (χ3n) is 2.31. The fourth-order valence-corrected chi connectivity index (χ4v) is 1.84. The smallest absolute Gasteiger partial charge is 0.207 e. The van der Waals surface area contributed by atoms with Crippen molar-refractivity contribution in [3.8, 4) is 0 Å². The highest BCUT2D eigenvalue weighted by atomic mass is 31.2. The molecule has 0 saturated heterocycles. The molecule has 0 bridgehead atoms. The van der Waals surface area contributed by atoms with Gasteiger partial charge in [-0.3, -0.25) is 4.57 Å². The molecule has 0 heterocycles. The van der Waals surface area contributed by atoms with Gasteiger partial charge >= 0.3 is 0 Å². The Morgan fingerprint density at radius 3 is 2.12 bits per heavy atom. The molecule has 6 nitrogen and oxygen atoms in total. The first kappa shape index (κ1) is 17.0. The first-order valence-electron chi connectivity index (χ1n) is 5.67. The van der Waals surface area contributed by atoms with Crippen molar-refractivity contribution < 1.29 is 18.5 Å². The summed E-state index contributed by atoms with van der Waals surface area (Å²) in [6.45, 7) is 2.00. The maximum Gasteiger partial charge on any atom is 0.207 e. The number of rotatable bonds is 8. The normalized spacial score (nSPS) is 16.5. The molecular formula is C10H26N3O3P. The van der Waals surface area contributed by atoms with Crippen LogP contribution in [-0.4, -0.2) is 82.6 Å². The lowest BCUT2D eigenvalue weighted by Gasteiger charge is -2.34. The zero-order valence-electron chi connectivity index (χ0n) is 11.8. The minimum absolute atomic E-state index is 0.219. The van der Waals surface area contributed by atoms with Crippen molar-refractivity contribution >= 4 is 7.75 Å². The molecule has 0 aliphatic heterocycles. The maximum absolute atomic E-state index is 11.7. The summed E-state index contributed by atoms with van der Waals surface area (Å²) in [6.07, 6.45) is 0. The highest BCUT2D eigenvalue weighted by Crippen LogP contribution is 2.39. The van der Waals surface area contributed by atoms with E-state index in [0.717, 1.165) is 0 Å². The van der Waals surface area contributed by atoms with E-state index in [1.807, 2.05) is 40.1 Å². The van der Waals surface area contributed by atoms with Crippen LogP contribution in [0.1, 0.15) is 0 Å². The van der Waals surface area contributed by atoms with Gasteiger partial charge in [-0.25, -0.2) is 4.67 Å². The Bertz CT molecular complexity index is 266. The van der Waals surface area contributed by atoms with Crippen molar-refractivity contribution in [3.63, 3.8) is 0 Å². The Morgan fingerprint density at radius 1 is 1.18 bits per heavy atom. The molecule has 0 aromatic heterocycles. The van der Waals surface area contributed by atoms with Crippen LogP contribution in [0.15, 0.2) is 0 Å². The largest absolute Gasteiger partial charge is 0.766 e. The SMILES string of the molecule is CN(C)CCN(C)P(=O)([O-])OCC[N+](C)(C)C. The number of hydrogen-bond acceptors (Lipinski definition) is 4. The number of hydrogen-bond donors (Lipinski definition) is 0. The fraction of sp³-hybridized carbons (Fsp3) is 1.00. The summed E-state index contributed by atoms with van der Waals surface area (Å²) in [6, 6.07) is 0. The van der Waals surface area contributed by atoms with Crippen LogP contribution in [0.5, 0.6) is 0 Å². The summed E-state index contributed by atoms with van der Waals surface area (Å²) in [5.74, 6) is 0. The monoisotopic (exact) mass is 267 g/mol. The van der Waals surface area contributed by atoms with Crippen LogP contribution in [-0.2, 0) is 9.09 Å². The molecule has 0 aliphatic carbocycles. The summed E-state index contributed by atoms with van der Waals surface area (Å²) in [7, 11) is 7.46. The number of nitrogens with zero attached hydrogens (tertiary/aromatic N) is 3. The molecular weight excluding hydrogens is 241 g/mol. The minimum Gasteiger partial charge on any atom is -0.766 e. The molecule has 104 valence electrons. The van der Waals surface area contributed by atoms with E-state index in [0.29, 0.717) is 24.1 Å². The molecule has 0 aromatic carbocycles. The summed E-state index contributed by atoms with van der Waals surface area (Å²) in [5.41, 5.74) is 0. The molecule has 0 radical (unpaired) electrons. The van der Waals surface area contributed by atoms with E-state index in [-0.39, 0.29) is 6.61 Å². The maximum atomic E-state index is 11.7. The fourth-order valence-electron chi connectivity index (χ4n) is 0.996. The summed E-state index contributed by atoms with van der Waals surface area (Å²) >= 11 is 0. The van der Waals surface area contributed by atoms with Crippen molar-refractivity contribution in [2.24, 2.45) is 0 Å². The van der Waals surface area contributed by atoms with Crippen molar-refractivity contribution in [2.45, 2.75) is 0 Å². The molecule has 1 unspecified atom stereocenters. The van der Waals surface area contributed by atoms with Gasteiger partial charge in [-0.1, -0.05) is 0 Å². The Kier molecular flexibility index (Phi) is 6.84. The predicted molar refractivity (Wildman–Crippen MR) is 67.6 cm³/mol. The molecule has 7 heteroatoms.